The van der Waals surface area contributed by atoms with Gasteiger partial charge in [0.25, 0.3) is 5.22 Å². The summed E-state index contributed by atoms with van der Waals surface area (Å²) in [5, 5.41) is 3.82. The second-order valence-electron chi connectivity index (χ2n) is 3.84. The largest absolute Gasteiger partial charge is 0.431 e. The Labute approximate surface area is 120 Å². The van der Waals surface area contributed by atoms with Gasteiger partial charge in [0, 0.05) is 38.5 Å². The number of benzene rings is 1. The van der Waals surface area contributed by atoms with Gasteiger partial charge in [0.2, 0.25) is 0 Å². The van der Waals surface area contributed by atoms with Crippen molar-refractivity contribution in [2.45, 2.75) is 12.1 Å². The van der Waals surface area contributed by atoms with E-state index in [0.717, 1.165) is 17.4 Å². The van der Waals surface area contributed by atoms with Crippen molar-refractivity contribution < 1.29 is 9.21 Å². The van der Waals surface area contributed by atoms with Crippen LogP contribution < -0.4 is 10.2 Å². The molecule has 0 aliphatic rings. The third kappa shape index (κ3) is 3.05. The van der Waals surface area contributed by atoms with Crippen LogP contribution in [0.4, 0.5) is 5.69 Å². The summed E-state index contributed by atoms with van der Waals surface area (Å²) in [7, 11) is 3.64. The summed E-state index contributed by atoms with van der Waals surface area (Å²) in [6, 6.07) is 5.57. The van der Waals surface area contributed by atoms with Crippen LogP contribution in [0.3, 0.4) is 0 Å². The lowest BCUT2D eigenvalue weighted by Crippen LogP contribution is -2.34. The van der Waals surface area contributed by atoms with Crippen molar-refractivity contribution in [1.82, 2.24) is 10.3 Å². The van der Waals surface area contributed by atoms with Crippen LogP contribution in [0.25, 0.3) is 11.1 Å². The first-order valence-electron chi connectivity index (χ1n) is 5.55. The van der Waals surface area contributed by atoms with Crippen LogP contribution >= 0.6 is 24.0 Å². The van der Waals surface area contributed by atoms with Crippen molar-refractivity contribution >= 4 is 51.0 Å². The second-order valence-corrected chi connectivity index (χ2v) is 5.35. The van der Waals surface area contributed by atoms with Gasteiger partial charge >= 0.3 is 0 Å². The summed E-state index contributed by atoms with van der Waals surface area (Å²) in [5.41, 5.74) is 2.25. The van der Waals surface area contributed by atoms with Crippen LogP contribution in [0.1, 0.15) is 6.92 Å². The minimum absolute atomic E-state index is 0.0553. The van der Waals surface area contributed by atoms with E-state index in [1.54, 1.807) is 7.05 Å². The van der Waals surface area contributed by atoms with E-state index < -0.39 is 0 Å². The van der Waals surface area contributed by atoms with Gasteiger partial charge in [-0.25, -0.2) is 4.98 Å². The Kier molecular flexibility index (Phi) is 4.06. The Morgan fingerprint density at radius 3 is 2.89 bits per heavy atom. The van der Waals surface area contributed by atoms with Crippen LogP contribution in [0, 0.1) is 0 Å². The van der Waals surface area contributed by atoms with Crippen molar-refractivity contribution in [3.63, 3.8) is 0 Å². The first kappa shape index (κ1) is 13.8. The Morgan fingerprint density at radius 2 is 2.26 bits per heavy atom. The molecule has 1 N–H and O–H groups in total. The number of anilines is 1. The molecule has 0 radical (unpaired) electrons. The molecule has 0 amide bonds. The molecule has 2 aromatic rings. The zero-order chi connectivity index (χ0) is 14.0. The third-order valence-electron chi connectivity index (χ3n) is 2.49. The second kappa shape index (κ2) is 5.58. The molecule has 0 aliphatic heterocycles. The minimum Gasteiger partial charge on any atom is -0.431 e. The number of nitrogens with zero attached hydrogens (tertiary/aromatic N) is 2. The highest BCUT2D eigenvalue weighted by Crippen LogP contribution is 2.26. The van der Waals surface area contributed by atoms with E-state index in [-0.39, 0.29) is 5.12 Å². The van der Waals surface area contributed by atoms with Crippen LogP contribution in [0.5, 0.6) is 0 Å². The van der Waals surface area contributed by atoms with Crippen molar-refractivity contribution in [1.29, 1.82) is 0 Å². The zero-order valence-corrected chi connectivity index (χ0v) is 12.4. The van der Waals surface area contributed by atoms with Crippen molar-refractivity contribution in [3.8, 4) is 0 Å². The first-order chi connectivity index (χ1) is 9.01. The highest BCUT2D eigenvalue weighted by Gasteiger charge is 2.11. The number of rotatable bonds is 2. The number of thiocarbonyl (C=S) groups is 1. The van der Waals surface area contributed by atoms with Crippen molar-refractivity contribution in [3.05, 3.63) is 18.2 Å². The van der Waals surface area contributed by atoms with Gasteiger partial charge in [-0.3, -0.25) is 4.79 Å². The van der Waals surface area contributed by atoms with E-state index in [1.165, 1.54) is 6.92 Å². The van der Waals surface area contributed by atoms with E-state index in [4.69, 9.17) is 16.6 Å². The molecule has 0 saturated heterocycles. The molecule has 1 aromatic heterocycles. The average Bonchev–Trinajstić information content (AvgIpc) is 2.76. The lowest BCUT2D eigenvalue weighted by Gasteiger charge is -2.19. The predicted octanol–water partition coefficient (Wildman–Crippen LogP) is 2.41. The van der Waals surface area contributed by atoms with E-state index >= 15 is 0 Å². The molecule has 5 nitrogen and oxygen atoms in total. The maximum absolute atomic E-state index is 11.0. The van der Waals surface area contributed by atoms with Crippen molar-refractivity contribution in [2.24, 2.45) is 0 Å². The van der Waals surface area contributed by atoms with Crippen LogP contribution in [-0.4, -0.2) is 29.3 Å². The van der Waals surface area contributed by atoms with Gasteiger partial charge in [-0.2, -0.15) is 0 Å². The van der Waals surface area contributed by atoms with Gasteiger partial charge < -0.3 is 14.6 Å². The third-order valence-corrected chi connectivity index (χ3v) is 3.60. The lowest BCUT2D eigenvalue weighted by molar-refractivity contribution is -0.109. The number of aromatic nitrogens is 1. The molecule has 0 unspecified atom stereocenters. The Hall–Kier alpha value is -1.60. The monoisotopic (exact) mass is 295 g/mol. The van der Waals surface area contributed by atoms with Gasteiger partial charge in [-0.05, 0) is 30.4 Å². The summed E-state index contributed by atoms with van der Waals surface area (Å²) >= 11 is 6.15. The van der Waals surface area contributed by atoms with Crippen molar-refractivity contribution in [2.75, 3.05) is 19.0 Å². The highest BCUT2D eigenvalue weighted by molar-refractivity contribution is 8.13. The number of fused-ring (bicyclic) bond motifs is 1. The number of hydrogen-bond donors (Lipinski definition) is 1. The standard InChI is InChI=1S/C12H13N3O2S2/c1-7(16)19-12-14-9-6-8(4-5-10(9)17-12)15(3)11(18)13-2/h4-6H,1-3H3,(H,13,18). The fraction of sp³-hybridized carbons (Fsp3) is 0.250. The Morgan fingerprint density at radius 1 is 1.53 bits per heavy atom. The predicted molar refractivity (Wildman–Crippen MR) is 80.6 cm³/mol. The van der Waals surface area contributed by atoms with Crippen LogP contribution in [0.15, 0.2) is 27.8 Å². The molecule has 1 aromatic carbocycles. The van der Waals surface area contributed by atoms with Gasteiger partial charge in [0.15, 0.2) is 15.8 Å². The van der Waals surface area contributed by atoms with E-state index in [0.29, 0.717) is 21.4 Å². The summed E-state index contributed by atoms with van der Waals surface area (Å²) in [5.74, 6) is 0. The van der Waals surface area contributed by atoms with E-state index in [9.17, 15) is 4.79 Å². The molecule has 100 valence electrons. The SMILES string of the molecule is CNC(=S)N(C)c1ccc2oc(SC(C)=O)nc2c1. The molecule has 7 heteroatoms. The normalized spacial score (nSPS) is 10.5. The average molecular weight is 295 g/mol. The van der Waals surface area contributed by atoms with Gasteiger partial charge in [0.1, 0.15) is 5.52 Å². The Balaban J connectivity index is 2.35. The quantitative estimate of drug-likeness (QED) is 0.674. The maximum Gasteiger partial charge on any atom is 0.264 e. The first-order valence-corrected chi connectivity index (χ1v) is 6.78. The maximum atomic E-state index is 11.0. The van der Waals surface area contributed by atoms with Gasteiger partial charge in [-0.15, -0.1) is 0 Å². The molecule has 0 bridgehead atoms. The topological polar surface area (TPSA) is 58.4 Å². The van der Waals surface area contributed by atoms with Crippen LogP contribution in [-0.2, 0) is 4.79 Å². The molecule has 1 heterocycles. The highest BCUT2D eigenvalue weighted by atomic mass is 32.2. The minimum atomic E-state index is -0.0553. The number of hydrogen-bond acceptors (Lipinski definition) is 5. The zero-order valence-electron chi connectivity index (χ0n) is 10.8. The fourth-order valence-corrected chi connectivity index (χ4v) is 2.18. The van der Waals surface area contributed by atoms with Gasteiger partial charge in [0.05, 0.1) is 0 Å². The molecule has 0 spiro atoms. The number of carbonyl (C=O) groups is 1. The van der Waals surface area contributed by atoms with E-state index in [1.807, 2.05) is 30.1 Å². The summed E-state index contributed by atoms with van der Waals surface area (Å²) in [4.78, 5) is 17.1. The molecule has 0 saturated carbocycles. The number of carbonyl (C=O) groups excluding carboxylic acids is 1. The smallest absolute Gasteiger partial charge is 0.264 e. The summed E-state index contributed by atoms with van der Waals surface area (Å²) in [6.07, 6.45) is 0. The lowest BCUT2D eigenvalue weighted by atomic mass is 10.3. The summed E-state index contributed by atoms with van der Waals surface area (Å²) in [6.45, 7) is 1.48. The van der Waals surface area contributed by atoms with E-state index in [2.05, 4.69) is 10.3 Å². The van der Waals surface area contributed by atoms with Crippen LogP contribution in [0.2, 0.25) is 0 Å². The molecule has 0 aliphatic carbocycles. The molecule has 0 atom stereocenters. The fourth-order valence-electron chi connectivity index (χ4n) is 1.55. The molecule has 0 fully saturated rings. The molecular weight excluding hydrogens is 282 g/mol. The molecular formula is C12H13N3O2S2. The summed E-state index contributed by atoms with van der Waals surface area (Å²) < 4.78 is 5.46. The number of oxazole rings is 1. The molecule has 19 heavy (non-hydrogen) atoms. The Bertz CT molecular complexity index is 639. The van der Waals surface area contributed by atoms with Gasteiger partial charge in [-0.1, -0.05) is 0 Å². The molecule has 2 rings (SSSR count). The number of nitrogens with one attached hydrogen (secondary N) is 1. The number of thioether (sulfide) groups is 1.